The van der Waals surface area contributed by atoms with Crippen LogP contribution in [0.2, 0.25) is 0 Å². The third-order valence-corrected chi connectivity index (χ3v) is 2.35. The summed E-state index contributed by atoms with van der Waals surface area (Å²) >= 11 is 0. The Morgan fingerprint density at radius 1 is 1.50 bits per heavy atom. The van der Waals surface area contributed by atoms with E-state index in [1.54, 1.807) is 0 Å². The predicted molar refractivity (Wildman–Crippen MR) is 54.8 cm³/mol. The molecule has 1 rings (SSSR count). The molecule has 1 heterocycles. The standard InChI is InChI=1S/C10H20N2O2/c1-10(2,3)9(13)14-8-6-12-5-4-7(8)11/h7-8,12H,4-6,11H2,1-3H3. The van der Waals surface area contributed by atoms with Crippen LogP contribution in [0, 0.1) is 5.41 Å². The second-order valence-corrected chi connectivity index (χ2v) is 4.85. The summed E-state index contributed by atoms with van der Waals surface area (Å²) in [7, 11) is 0. The zero-order valence-electron chi connectivity index (χ0n) is 9.17. The van der Waals surface area contributed by atoms with E-state index < -0.39 is 5.41 Å². The van der Waals surface area contributed by atoms with Crippen LogP contribution in [0.5, 0.6) is 0 Å². The fraction of sp³-hybridized carbons (Fsp3) is 0.900. The topological polar surface area (TPSA) is 64.3 Å². The molecule has 1 saturated heterocycles. The fourth-order valence-electron chi connectivity index (χ4n) is 1.29. The predicted octanol–water partition coefficient (Wildman–Crippen LogP) is 0.265. The van der Waals surface area contributed by atoms with Gasteiger partial charge in [-0.2, -0.15) is 0 Å². The molecule has 82 valence electrons. The number of esters is 1. The maximum atomic E-state index is 11.6. The molecule has 1 aliphatic rings. The lowest BCUT2D eigenvalue weighted by atomic mass is 9.96. The molecule has 14 heavy (non-hydrogen) atoms. The first-order valence-electron chi connectivity index (χ1n) is 5.08. The van der Waals surface area contributed by atoms with Gasteiger partial charge in [0.15, 0.2) is 0 Å². The van der Waals surface area contributed by atoms with Crippen LogP contribution in [-0.2, 0) is 9.53 Å². The molecule has 3 N–H and O–H groups in total. The molecule has 0 saturated carbocycles. The number of nitrogens with two attached hydrogens (primary N) is 1. The number of hydrogen-bond donors (Lipinski definition) is 2. The molecule has 0 amide bonds. The molecule has 0 aromatic carbocycles. The van der Waals surface area contributed by atoms with Crippen molar-refractivity contribution in [3.05, 3.63) is 0 Å². The Morgan fingerprint density at radius 2 is 2.14 bits per heavy atom. The van der Waals surface area contributed by atoms with Crippen LogP contribution in [0.4, 0.5) is 0 Å². The Balaban J connectivity index is 2.46. The first-order valence-corrected chi connectivity index (χ1v) is 5.08. The Kier molecular flexibility index (Phi) is 3.50. The Labute approximate surface area is 85.2 Å². The summed E-state index contributed by atoms with van der Waals surface area (Å²) in [5.41, 5.74) is 5.41. The van der Waals surface area contributed by atoms with E-state index in [9.17, 15) is 4.79 Å². The number of ether oxygens (including phenoxy) is 1. The van der Waals surface area contributed by atoms with Crippen LogP contribution >= 0.6 is 0 Å². The molecule has 0 bridgehead atoms. The highest BCUT2D eigenvalue weighted by atomic mass is 16.5. The van der Waals surface area contributed by atoms with Crippen LogP contribution < -0.4 is 11.1 Å². The Hall–Kier alpha value is -0.610. The molecule has 2 atom stereocenters. The fourth-order valence-corrected chi connectivity index (χ4v) is 1.29. The van der Waals surface area contributed by atoms with Gasteiger partial charge in [-0.05, 0) is 33.7 Å². The molecule has 0 spiro atoms. The van der Waals surface area contributed by atoms with Crippen molar-refractivity contribution in [1.82, 2.24) is 5.32 Å². The number of carbonyl (C=O) groups excluding carboxylic acids is 1. The number of hydrogen-bond acceptors (Lipinski definition) is 4. The van der Waals surface area contributed by atoms with Gasteiger partial charge in [0.1, 0.15) is 6.10 Å². The van der Waals surface area contributed by atoms with Crippen molar-refractivity contribution in [2.75, 3.05) is 13.1 Å². The van der Waals surface area contributed by atoms with Gasteiger partial charge in [0.25, 0.3) is 0 Å². The van der Waals surface area contributed by atoms with Crippen molar-refractivity contribution < 1.29 is 9.53 Å². The third-order valence-electron chi connectivity index (χ3n) is 2.35. The summed E-state index contributed by atoms with van der Waals surface area (Å²) in [6, 6.07) is -0.0254. The zero-order chi connectivity index (χ0) is 10.8. The lowest BCUT2D eigenvalue weighted by Crippen LogP contribution is -2.51. The minimum atomic E-state index is -0.447. The van der Waals surface area contributed by atoms with Gasteiger partial charge in [-0.3, -0.25) is 4.79 Å². The smallest absolute Gasteiger partial charge is 0.311 e. The lowest BCUT2D eigenvalue weighted by molar-refractivity contribution is -0.160. The number of piperidine rings is 1. The van der Waals surface area contributed by atoms with Crippen LogP contribution in [0.3, 0.4) is 0 Å². The highest BCUT2D eigenvalue weighted by Crippen LogP contribution is 2.18. The Morgan fingerprint density at radius 3 is 2.64 bits per heavy atom. The molecular weight excluding hydrogens is 180 g/mol. The molecule has 2 unspecified atom stereocenters. The van der Waals surface area contributed by atoms with E-state index in [4.69, 9.17) is 10.5 Å². The first-order chi connectivity index (χ1) is 6.41. The van der Waals surface area contributed by atoms with E-state index in [0.717, 1.165) is 13.0 Å². The van der Waals surface area contributed by atoms with Gasteiger partial charge in [-0.1, -0.05) is 0 Å². The minimum absolute atomic E-state index is 0.0254. The SMILES string of the molecule is CC(C)(C)C(=O)OC1CNCCC1N. The van der Waals surface area contributed by atoms with Crippen molar-refractivity contribution in [1.29, 1.82) is 0 Å². The normalized spacial score (nSPS) is 28.6. The summed E-state index contributed by atoms with van der Waals surface area (Å²) in [6.07, 6.45) is 0.692. The molecule has 1 fully saturated rings. The second-order valence-electron chi connectivity index (χ2n) is 4.85. The van der Waals surface area contributed by atoms with Crippen LogP contribution in [0.1, 0.15) is 27.2 Å². The second kappa shape index (κ2) is 4.28. The average Bonchev–Trinajstić information content (AvgIpc) is 2.07. The summed E-state index contributed by atoms with van der Waals surface area (Å²) in [5.74, 6) is -0.179. The molecule has 0 radical (unpaired) electrons. The molecule has 0 aromatic heterocycles. The summed E-state index contributed by atoms with van der Waals surface area (Å²) in [4.78, 5) is 11.6. The number of carbonyl (C=O) groups is 1. The monoisotopic (exact) mass is 200 g/mol. The maximum Gasteiger partial charge on any atom is 0.311 e. The van der Waals surface area contributed by atoms with Gasteiger partial charge in [0.05, 0.1) is 5.41 Å². The van der Waals surface area contributed by atoms with Gasteiger partial charge in [-0.25, -0.2) is 0 Å². The lowest BCUT2D eigenvalue weighted by Gasteiger charge is -2.31. The maximum absolute atomic E-state index is 11.6. The van der Waals surface area contributed by atoms with Crippen molar-refractivity contribution in [2.24, 2.45) is 11.1 Å². The molecule has 0 aliphatic carbocycles. The van der Waals surface area contributed by atoms with Crippen molar-refractivity contribution in [3.63, 3.8) is 0 Å². The van der Waals surface area contributed by atoms with Crippen molar-refractivity contribution >= 4 is 5.97 Å². The van der Waals surface area contributed by atoms with Crippen LogP contribution in [0.25, 0.3) is 0 Å². The van der Waals surface area contributed by atoms with Gasteiger partial charge in [0.2, 0.25) is 0 Å². The molecule has 4 nitrogen and oxygen atoms in total. The first kappa shape index (κ1) is 11.5. The molecule has 0 aromatic rings. The van der Waals surface area contributed by atoms with Crippen LogP contribution in [0.15, 0.2) is 0 Å². The van der Waals surface area contributed by atoms with E-state index in [1.165, 1.54) is 0 Å². The van der Waals surface area contributed by atoms with E-state index in [0.29, 0.717) is 6.54 Å². The van der Waals surface area contributed by atoms with E-state index in [-0.39, 0.29) is 18.1 Å². The largest absolute Gasteiger partial charge is 0.459 e. The van der Waals surface area contributed by atoms with Gasteiger partial charge < -0.3 is 15.8 Å². The summed E-state index contributed by atoms with van der Waals surface area (Å²) < 4.78 is 5.34. The summed E-state index contributed by atoms with van der Waals surface area (Å²) in [5, 5.41) is 3.16. The van der Waals surface area contributed by atoms with E-state index in [1.807, 2.05) is 20.8 Å². The van der Waals surface area contributed by atoms with E-state index in [2.05, 4.69) is 5.32 Å². The van der Waals surface area contributed by atoms with Gasteiger partial charge in [-0.15, -0.1) is 0 Å². The minimum Gasteiger partial charge on any atom is -0.459 e. The zero-order valence-corrected chi connectivity index (χ0v) is 9.17. The van der Waals surface area contributed by atoms with Gasteiger partial charge >= 0.3 is 5.97 Å². The number of nitrogens with one attached hydrogen (secondary N) is 1. The van der Waals surface area contributed by atoms with E-state index >= 15 is 0 Å². The summed E-state index contributed by atoms with van der Waals surface area (Å²) in [6.45, 7) is 7.11. The quantitative estimate of drug-likeness (QED) is 0.596. The molecule has 4 heteroatoms. The molecular formula is C10H20N2O2. The van der Waals surface area contributed by atoms with Crippen LogP contribution in [-0.4, -0.2) is 31.2 Å². The van der Waals surface area contributed by atoms with Gasteiger partial charge in [0, 0.05) is 12.6 Å². The highest BCUT2D eigenvalue weighted by Gasteiger charge is 2.30. The average molecular weight is 200 g/mol. The van der Waals surface area contributed by atoms with Crippen molar-refractivity contribution in [3.8, 4) is 0 Å². The third kappa shape index (κ3) is 2.96. The Bertz CT molecular complexity index is 211. The highest BCUT2D eigenvalue weighted by molar-refractivity contribution is 5.75. The van der Waals surface area contributed by atoms with Crippen molar-refractivity contribution in [2.45, 2.75) is 39.3 Å². The molecule has 1 aliphatic heterocycles. The number of rotatable bonds is 1.